The molecule has 0 aliphatic rings. The second kappa shape index (κ2) is 7.56. The van der Waals surface area contributed by atoms with Crippen LogP contribution in [0.3, 0.4) is 0 Å². The van der Waals surface area contributed by atoms with Gasteiger partial charge in [-0.25, -0.2) is 4.79 Å². The lowest BCUT2D eigenvalue weighted by molar-refractivity contribution is -0.136. The molecule has 112 valence electrons. The zero-order chi connectivity index (χ0) is 15.9. The quantitative estimate of drug-likeness (QED) is 0.672. The molecule has 0 saturated carbocycles. The first-order valence-corrected chi connectivity index (χ1v) is 7.31. The molecule has 2 aromatic carbocycles. The third-order valence-corrected chi connectivity index (χ3v) is 3.40. The van der Waals surface area contributed by atoms with Gasteiger partial charge in [-0.2, -0.15) is 0 Å². The van der Waals surface area contributed by atoms with Crippen LogP contribution in [0.25, 0.3) is 6.08 Å². The fourth-order valence-corrected chi connectivity index (χ4v) is 2.03. The first kappa shape index (κ1) is 16.0. The maximum absolute atomic E-state index is 12.2. The van der Waals surface area contributed by atoms with E-state index in [0.29, 0.717) is 5.56 Å². The number of amides is 1. The van der Waals surface area contributed by atoms with Gasteiger partial charge in [0.1, 0.15) is 5.70 Å². The molecule has 0 bridgehead atoms. The molecule has 5 heteroatoms. The van der Waals surface area contributed by atoms with Crippen molar-refractivity contribution >= 4 is 33.9 Å². The van der Waals surface area contributed by atoms with Gasteiger partial charge in [-0.05, 0) is 35.9 Å². The van der Waals surface area contributed by atoms with E-state index in [0.717, 1.165) is 10.0 Å². The Labute approximate surface area is 136 Å². The van der Waals surface area contributed by atoms with Crippen molar-refractivity contribution in [2.45, 2.75) is 0 Å². The SMILES string of the molecule is COC(=O)/C(=C/c1ccc(Br)cc1)NC(=O)c1ccccc1. The summed E-state index contributed by atoms with van der Waals surface area (Å²) >= 11 is 3.34. The minimum atomic E-state index is -0.604. The highest BCUT2D eigenvalue weighted by atomic mass is 79.9. The number of esters is 1. The molecular weight excluding hydrogens is 346 g/mol. The van der Waals surface area contributed by atoms with Crippen molar-refractivity contribution in [1.29, 1.82) is 0 Å². The molecule has 1 amide bonds. The van der Waals surface area contributed by atoms with E-state index in [2.05, 4.69) is 21.2 Å². The van der Waals surface area contributed by atoms with Crippen molar-refractivity contribution < 1.29 is 14.3 Å². The molecule has 0 unspecified atom stereocenters. The molecule has 2 rings (SSSR count). The topological polar surface area (TPSA) is 55.4 Å². The summed E-state index contributed by atoms with van der Waals surface area (Å²) in [4.78, 5) is 24.0. The van der Waals surface area contributed by atoms with E-state index in [1.54, 1.807) is 30.3 Å². The minimum Gasteiger partial charge on any atom is -0.464 e. The van der Waals surface area contributed by atoms with Gasteiger partial charge in [-0.3, -0.25) is 4.79 Å². The maximum atomic E-state index is 12.2. The smallest absolute Gasteiger partial charge is 0.354 e. The average molecular weight is 360 g/mol. The number of ether oxygens (including phenoxy) is 1. The molecule has 1 N–H and O–H groups in total. The number of rotatable bonds is 4. The largest absolute Gasteiger partial charge is 0.464 e. The summed E-state index contributed by atoms with van der Waals surface area (Å²) < 4.78 is 5.64. The van der Waals surface area contributed by atoms with E-state index in [-0.39, 0.29) is 11.6 Å². The highest BCUT2D eigenvalue weighted by Gasteiger charge is 2.14. The van der Waals surface area contributed by atoms with E-state index >= 15 is 0 Å². The highest BCUT2D eigenvalue weighted by molar-refractivity contribution is 9.10. The average Bonchev–Trinajstić information content (AvgIpc) is 2.56. The lowest BCUT2D eigenvalue weighted by Gasteiger charge is -2.08. The van der Waals surface area contributed by atoms with Crippen LogP contribution in [0.5, 0.6) is 0 Å². The monoisotopic (exact) mass is 359 g/mol. The summed E-state index contributed by atoms with van der Waals surface area (Å²) in [7, 11) is 1.27. The molecule has 0 saturated heterocycles. The van der Waals surface area contributed by atoms with Crippen molar-refractivity contribution in [2.24, 2.45) is 0 Å². The lowest BCUT2D eigenvalue weighted by atomic mass is 10.1. The van der Waals surface area contributed by atoms with Crippen molar-refractivity contribution in [2.75, 3.05) is 7.11 Å². The van der Waals surface area contributed by atoms with Gasteiger partial charge in [0.2, 0.25) is 0 Å². The fourth-order valence-electron chi connectivity index (χ4n) is 1.77. The molecule has 0 radical (unpaired) electrons. The maximum Gasteiger partial charge on any atom is 0.354 e. The Kier molecular flexibility index (Phi) is 5.49. The summed E-state index contributed by atoms with van der Waals surface area (Å²) in [5.41, 5.74) is 1.32. The Morgan fingerprint density at radius 1 is 1.05 bits per heavy atom. The van der Waals surface area contributed by atoms with Gasteiger partial charge in [0.25, 0.3) is 5.91 Å². The molecule has 0 spiro atoms. The number of halogens is 1. The summed E-state index contributed by atoms with van der Waals surface area (Å²) in [5, 5.41) is 2.58. The first-order valence-electron chi connectivity index (χ1n) is 6.52. The minimum absolute atomic E-state index is 0.0821. The summed E-state index contributed by atoms with van der Waals surface area (Å²) in [6.45, 7) is 0. The van der Waals surface area contributed by atoms with Crippen molar-refractivity contribution in [1.82, 2.24) is 5.32 Å². The zero-order valence-electron chi connectivity index (χ0n) is 11.9. The zero-order valence-corrected chi connectivity index (χ0v) is 13.5. The van der Waals surface area contributed by atoms with Crippen LogP contribution >= 0.6 is 15.9 Å². The van der Waals surface area contributed by atoms with Crippen LogP contribution in [0, 0.1) is 0 Å². The predicted molar refractivity (Wildman–Crippen MR) is 88.0 cm³/mol. The van der Waals surface area contributed by atoms with Crippen molar-refractivity contribution in [3.63, 3.8) is 0 Å². The molecule has 4 nitrogen and oxygen atoms in total. The van der Waals surface area contributed by atoms with Crippen molar-refractivity contribution in [3.05, 3.63) is 75.9 Å². The van der Waals surface area contributed by atoms with E-state index in [1.807, 2.05) is 30.3 Å². The molecule has 2 aromatic rings. The molecule has 0 aliphatic carbocycles. The fraction of sp³-hybridized carbons (Fsp3) is 0.0588. The summed E-state index contributed by atoms with van der Waals surface area (Å²) in [6.07, 6.45) is 1.57. The van der Waals surface area contributed by atoms with Crippen LogP contribution in [0.2, 0.25) is 0 Å². The predicted octanol–water partition coefficient (Wildman–Crippen LogP) is 3.39. The van der Waals surface area contributed by atoms with E-state index in [9.17, 15) is 9.59 Å². The summed E-state index contributed by atoms with van der Waals surface area (Å²) in [5.74, 6) is -0.971. The Bertz CT molecular complexity index is 694. The van der Waals surface area contributed by atoms with Crippen LogP contribution in [0.1, 0.15) is 15.9 Å². The van der Waals surface area contributed by atoms with E-state index in [1.165, 1.54) is 7.11 Å². The molecule has 0 aliphatic heterocycles. The van der Waals surface area contributed by atoms with Gasteiger partial charge in [-0.15, -0.1) is 0 Å². The number of carbonyl (C=O) groups is 2. The number of nitrogens with one attached hydrogen (secondary N) is 1. The summed E-state index contributed by atoms with van der Waals surface area (Å²) in [6, 6.07) is 16.0. The number of benzene rings is 2. The third kappa shape index (κ3) is 4.30. The second-order valence-corrected chi connectivity index (χ2v) is 5.34. The first-order chi connectivity index (χ1) is 10.6. The molecule has 0 atom stereocenters. The Morgan fingerprint density at radius 3 is 2.27 bits per heavy atom. The number of carbonyl (C=O) groups excluding carboxylic acids is 2. The van der Waals surface area contributed by atoms with Gasteiger partial charge in [0, 0.05) is 10.0 Å². The normalized spacial score (nSPS) is 10.9. The number of hydrogen-bond acceptors (Lipinski definition) is 3. The molecule has 0 aromatic heterocycles. The van der Waals surface area contributed by atoms with Crippen molar-refractivity contribution in [3.8, 4) is 0 Å². The van der Waals surface area contributed by atoms with Crippen LogP contribution in [0.4, 0.5) is 0 Å². The second-order valence-electron chi connectivity index (χ2n) is 4.42. The van der Waals surface area contributed by atoms with Gasteiger partial charge >= 0.3 is 5.97 Å². The molecule has 0 heterocycles. The molecule has 0 fully saturated rings. The van der Waals surface area contributed by atoms with Crippen LogP contribution in [-0.2, 0) is 9.53 Å². The van der Waals surface area contributed by atoms with Gasteiger partial charge in [0.05, 0.1) is 7.11 Å². The van der Waals surface area contributed by atoms with Crippen LogP contribution in [-0.4, -0.2) is 19.0 Å². The molecular formula is C17H14BrNO3. The van der Waals surface area contributed by atoms with E-state index < -0.39 is 5.97 Å². The Balaban J connectivity index is 2.25. The number of hydrogen-bond donors (Lipinski definition) is 1. The Hall–Kier alpha value is -2.40. The van der Waals surface area contributed by atoms with Gasteiger partial charge in [0.15, 0.2) is 0 Å². The van der Waals surface area contributed by atoms with Crippen LogP contribution < -0.4 is 5.32 Å². The van der Waals surface area contributed by atoms with Gasteiger partial charge in [-0.1, -0.05) is 46.3 Å². The lowest BCUT2D eigenvalue weighted by Crippen LogP contribution is -2.28. The van der Waals surface area contributed by atoms with Gasteiger partial charge < -0.3 is 10.1 Å². The number of methoxy groups -OCH3 is 1. The molecule has 22 heavy (non-hydrogen) atoms. The third-order valence-electron chi connectivity index (χ3n) is 2.87. The highest BCUT2D eigenvalue weighted by Crippen LogP contribution is 2.13. The standard InChI is InChI=1S/C17H14BrNO3/c1-22-17(21)15(11-12-7-9-14(18)10-8-12)19-16(20)13-5-3-2-4-6-13/h2-11H,1H3,(H,19,20)/b15-11-. The van der Waals surface area contributed by atoms with E-state index in [4.69, 9.17) is 4.74 Å². The Morgan fingerprint density at radius 2 is 1.68 bits per heavy atom. The van der Waals surface area contributed by atoms with Crippen LogP contribution in [0.15, 0.2) is 64.8 Å².